The Morgan fingerprint density at radius 3 is 2.50 bits per heavy atom. The number of benzene rings is 1. The Bertz CT molecular complexity index is 416. The van der Waals surface area contributed by atoms with E-state index in [2.05, 4.69) is 6.92 Å². The quantitative estimate of drug-likeness (QED) is 0.816. The van der Waals surface area contributed by atoms with Crippen molar-refractivity contribution in [2.24, 2.45) is 0 Å². The average molecular weight is 250 g/mol. The summed E-state index contributed by atoms with van der Waals surface area (Å²) in [5.41, 5.74) is 0. The summed E-state index contributed by atoms with van der Waals surface area (Å²) in [6.45, 7) is 2.11. The minimum absolute atomic E-state index is 0.399. The van der Waals surface area contributed by atoms with Gasteiger partial charge in [0, 0.05) is 0 Å². The normalized spacial score (nSPS) is 21.6. The first-order valence-corrected chi connectivity index (χ1v) is 6.37. The number of carboxylic acids is 1. The molecule has 4 heteroatoms. The molecule has 4 nitrogen and oxygen atoms in total. The van der Waals surface area contributed by atoms with E-state index in [-0.39, 0.29) is 0 Å². The van der Waals surface area contributed by atoms with E-state index < -0.39 is 18.2 Å². The molecule has 0 spiro atoms. The van der Waals surface area contributed by atoms with Crippen LogP contribution >= 0.6 is 0 Å². The first-order valence-electron chi connectivity index (χ1n) is 6.37. The van der Waals surface area contributed by atoms with Crippen LogP contribution in [0.1, 0.15) is 32.6 Å². The Balaban J connectivity index is 2.10. The van der Waals surface area contributed by atoms with Crippen molar-refractivity contribution in [2.45, 2.75) is 44.8 Å². The van der Waals surface area contributed by atoms with Gasteiger partial charge in [-0.3, -0.25) is 0 Å². The number of ether oxygens (including phenoxy) is 2. The van der Waals surface area contributed by atoms with Crippen LogP contribution in [0.5, 0.6) is 11.5 Å². The molecule has 1 aliphatic rings. The van der Waals surface area contributed by atoms with Crippen LogP contribution in [0, 0.1) is 0 Å². The van der Waals surface area contributed by atoms with Crippen molar-refractivity contribution >= 4 is 5.97 Å². The van der Waals surface area contributed by atoms with Crippen LogP contribution in [0.2, 0.25) is 0 Å². The number of aliphatic carboxylic acids is 1. The molecule has 1 N–H and O–H groups in total. The van der Waals surface area contributed by atoms with Crippen molar-refractivity contribution in [2.75, 3.05) is 0 Å². The highest BCUT2D eigenvalue weighted by Gasteiger charge is 2.36. The second-order valence-corrected chi connectivity index (χ2v) is 4.48. The van der Waals surface area contributed by atoms with Gasteiger partial charge in [0.15, 0.2) is 11.5 Å². The Kier molecular flexibility index (Phi) is 4.07. The predicted molar refractivity (Wildman–Crippen MR) is 67.1 cm³/mol. The highest BCUT2D eigenvalue weighted by Crippen LogP contribution is 2.34. The molecular formula is C14H18O4. The molecule has 0 saturated carbocycles. The number of unbranched alkanes of at least 4 members (excludes halogenated alkanes) is 2. The lowest BCUT2D eigenvalue weighted by atomic mass is 10.0. The lowest BCUT2D eigenvalue weighted by Gasteiger charge is -2.31. The summed E-state index contributed by atoms with van der Waals surface area (Å²) >= 11 is 0. The second-order valence-electron chi connectivity index (χ2n) is 4.48. The molecule has 0 bridgehead atoms. The van der Waals surface area contributed by atoms with Crippen molar-refractivity contribution in [1.82, 2.24) is 0 Å². The van der Waals surface area contributed by atoms with Crippen molar-refractivity contribution < 1.29 is 19.4 Å². The second kappa shape index (κ2) is 5.76. The SMILES string of the molecule is CCCCCC1Oc2ccccc2OC1C(=O)O. The van der Waals surface area contributed by atoms with Crippen LogP contribution in [0.4, 0.5) is 0 Å². The van der Waals surface area contributed by atoms with Gasteiger partial charge in [-0.25, -0.2) is 4.79 Å². The first kappa shape index (κ1) is 12.7. The van der Waals surface area contributed by atoms with Crippen molar-refractivity contribution in [3.63, 3.8) is 0 Å². The lowest BCUT2D eigenvalue weighted by molar-refractivity contribution is -0.151. The van der Waals surface area contributed by atoms with E-state index in [1.165, 1.54) is 0 Å². The van der Waals surface area contributed by atoms with Gasteiger partial charge in [0.1, 0.15) is 6.10 Å². The maximum atomic E-state index is 11.2. The van der Waals surface area contributed by atoms with E-state index in [1.54, 1.807) is 18.2 Å². The monoisotopic (exact) mass is 250 g/mol. The number of carboxylic acid groups (broad SMARTS) is 1. The van der Waals surface area contributed by atoms with Gasteiger partial charge in [-0.2, -0.15) is 0 Å². The molecule has 2 atom stereocenters. The van der Waals surface area contributed by atoms with E-state index in [1.807, 2.05) is 6.07 Å². The summed E-state index contributed by atoms with van der Waals surface area (Å²) in [6.07, 6.45) is 2.53. The van der Waals surface area contributed by atoms with E-state index >= 15 is 0 Å². The Labute approximate surface area is 107 Å². The topological polar surface area (TPSA) is 55.8 Å². The third-order valence-corrected chi connectivity index (χ3v) is 3.05. The van der Waals surface area contributed by atoms with Crippen LogP contribution in [-0.4, -0.2) is 23.3 Å². The zero-order valence-electron chi connectivity index (χ0n) is 10.5. The largest absolute Gasteiger partial charge is 0.482 e. The number of rotatable bonds is 5. The molecule has 18 heavy (non-hydrogen) atoms. The minimum atomic E-state index is -0.967. The summed E-state index contributed by atoms with van der Waals surface area (Å²) in [5.74, 6) is 0.180. The molecule has 0 aliphatic carbocycles. The molecule has 98 valence electrons. The Hall–Kier alpha value is -1.71. The number of hydrogen-bond donors (Lipinski definition) is 1. The Morgan fingerprint density at radius 2 is 1.89 bits per heavy atom. The van der Waals surface area contributed by atoms with Crippen LogP contribution in [0.15, 0.2) is 24.3 Å². The van der Waals surface area contributed by atoms with Crippen molar-refractivity contribution in [1.29, 1.82) is 0 Å². The molecule has 0 radical (unpaired) electrons. The number of fused-ring (bicyclic) bond motifs is 1. The van der Waals surface area contributed by atoms with Gasteiger partial charge in [0.25, 0.3) is 0 Å². The maximum Gasteiger partial charge on any atom is 0.348 e. The molecule has 1 aliphatic heterocycles. The average Bonchev–Trinajstić information content (AvgIpc) is 2.38. The van der Waals surface area contributed by atoms with Gasteiger partial charge in [0.2, 0.25) is 6.10 Å². The number of hydrogen-bond acceptors (Lipinski definition) is 3. The fourth-order valence-corrected chi connectivity index (χ4v) is 2.10. The molecule has 1 aromatic carbocycles. The van der Waals surface area contributed by atoms with E-state index in [0.29, 0.717) is 17.9 Å². The maximum absolute atomic E-state index is 11.2. The smallest absolute Gasteiger partial charge is 0.348 e. The third-order valence-electron chi connectivity index (χ3n) is 3.05. The highest BCUT2D eigenvalue weighted by atomic mass is 16.6. The van der Waals surface area contributed by atoms with Crippen LogP contribution in [0.25, 0.3) is 0 Å². The molecule has 1 aromatic rings. The third kappa shape index (κ3) is 2.75. The predicted octanol–water partition coefficient (Wildman–Crippen LogP) is 2.86. The molecular weight excluding hydrogens is 232 g/mol. The van der Waals surface area contributed by atoms with Gasteiger partial charge in [-0.05, 0) is 25.0 Å². The van der Waals surface area contributed by atoms with Crippen molar-refractivity contribution in [3.05, 3.63) is 24.3 Å². The minimum Gasteiger partial charge on any atom is -0.482 e. The van der Waals surface area contributed by atoms with Gasteiger partial charge in [-0.1, -0.05) is 31.9 Å². The Morgan fingerprint density at radius 1 is 1.22 bits per heavy atom. The van der Waals surface area contributed by atoms with Crippen LogP contribution < -0.4 is 9.47 Å². The summed E-state index contributed by atoms with van der Waals surface area (Å²) in [6, 6.07) is 7.19. The summed E-state index contributed by atoms with van der Waals surface area (Å²) in [4.78, 5) is 11.2. The first-order chi connectivity index (χ1) is 8.72. The standard InChI is InChI=1S/C14H18O4/c1-2-3-4-9-12-13(14(15)16)18-11-8-6-5-7-10(11)17-12/h5-8,12-13H,2-4,9H2,1H3,(H,15,16). The van der Waals surface area contributed by atoms with Crippen LogP contribution in [0.3, 0.4) is 0 Å². The number of para-hydroxylation sites is 2. The summed E-state index contributed by atoms with van der Waals surface area (Å²) in [7, 11) is 0. The van der Waals surface area contributed by atoms with Crippen molar-refractivity contribution in [3.8, 4) is 11.5 Å². The van der Waals surface area contributed by atoms with E-state index in [0.717, 1.165) is 19.3 Å². The van der Waals surface area contributed by atoms with E-state index in [9.17, 15) is 9.90 Å². The highest BCUT2D eigenvalue weighted by molar-refractivity contribution is 5.74. The molecule has 1 heterocycles. The van der Waals surface area contributed by atoms with Gasteiger partial charge < -0.3 is 14.6 Å². The van der Waals surface area contributed by atoms with Crippen LogP contribution in [-0.2, 0) is 4.79 Å². The van der Waals surface area contributed by atoms with Gasteiger partial charge in [0.05, 0.1) is 0 Å². The molecule has 2 unspecified atom stereocenters. The van der Waals surface area contributed by atoms with E-state index in [4.69, 9.17) is 9.47 Å². The van der Waals surface area contributed by atoms with Gasteiger partial charge >= 0.3 is 5.97 Å². The lowest BCUT2D eigenvalue weighted by Crippen LogP contribution is -2.45. The zero-order valence-corrected chi connectivity index (χ0v) is 10.5. The summed E-state index contributed by atoms with van der Waals surface area (Å²) in [5, 5.41) is 9.19. The van der Waals surface area contributed by atoms with Gasteiger partial charge in [-0.15, -0.1) is 0 Å². The molecule has 0 fully saturated rings. The zero-order chi connectivity index (χ0) is 13.0. The molecule has 2 rings (SSSR count). The fourth-order valence-electron chi connectivity index (χ4n) is 2.10. The fraction of sp³-hybridized carbons (Fsp3) is 0.500. The molecule has 0 aromatic heterocycles. The molecule has 0 saturated heterocycles. The summed E-state index contributed by atoms with van der Waals surface area (Å²) < 4.78 is 11.3. The number of carbonyl (C=O) groups is 1. The molecule has 0 amide bonds.